The molecule has 1 aliphatic heterocycles. The van der Waals surface area contributed by atoms with Gasteiger partial charge in [0.15, 0.2) is 0 Å². The number of hydrogen-bond acceptors (Lipinski definition) is 4. The van der Waals surface area contributed by atoms with E-state index < -0.39 is 5.97 Å². The zero-order valence-corrected chi connectivity index (χ0v) is 15.5. The van der Waals surface area contributed by atoms with Crippen molar-refractivity contribution in [2.75, 3.05) is 4.90 Å². The molecule has 2 bridgehead atoms. The molecular weight excluding hydrogens is 378 g/mol. The fourth-order valence-electron chi connectivity index (χ4n) is 4.59. The highest BCUT2D eigenvalue weighted by Crippen LogP contribution is 2.53. The molecule has 5 rings (SSSR count). The van der Waals surface area contributed by atoms with Crippen LogP contribution in [0.1, 0.15) is 16.8 Å². The molecule has 2 aromatic carbocycles. The fourth-order valence-corrected chi connectivity index (χ4v) is 4.72. The van der Waals surface area contributed by atoms with Crippen molar-refractivity contribution in [3.8, 4) is 5.75 Å². The molecule has 2 aliphatic carbocycles. The number of rotatable bonds is 3. The average molecular weight is 394 g/mol. The highest BCUT2D eigenvalue weighted by molar-refractivity contribution is 6.30. The first-order valence-electron chi connectivity index (χ1n) is 9.17. The summed E-state index contributed by atoms with van der Waals surface area (Å²) < 4.78 is 5.42. The largest absolute Gasteiger partial charge is 0.423 e. The summed E-state index contributed by atoms with van der Waals surface area (Å²) in [6.07, 6.45) is 5.01. The molecule has 4 atom stereocenters. The second kappa shape index (κ2) is 6.31. The SMILES string of the molecule is O=C(Oc1cccc(N2C(=O)[C@H]3[C@H](C2=O)[C@H]2C=C[C@H]3C2)c1)c1ccc(Cl)cc1. The summed E-state index contributed by atoms with van der Waals surface area (Å²) in [5.41, 5.74) is 0.797. The topological polar surface area (TPSA) is 63.7 Å². The van der Waals surface area contributed by atoms with Gasteiger partial charge in [0, 0.05) is 11.1 Å². The Bertz CT molecular complexity index is 999. The van der Waals surface area contributed by atoms with Gasteiger partial charge in [-0.05, 0) is 54.7 Å². The minimum absolute atomic E-state index is 0.155. The molecule has 0 unspecified atom stereocenters. The van der Waals surface area contributed by atoms with Crippen LogP contribution in [0.5, 0.6) is 5.75 Å². The molecule has 3 aliphatic rings. The molecule has 1 heterocycles. The Labute approximate surface area is 166 Å². The number of fused-ring (bicyclic) bond motifs is 5. The van der Waals surface area contributed by atoms with E-state index in [1.165, 1.54) is 4.90 Å². The third-order valence-electron chi connectivity index (χ3n) is 5.84. The number of allylic oxidation sites excluding steroid dienone is 2. The first kappa shape index (κ1) is 17.2. The molecule has 5 nitrogen and oxygen atoms in total. The van der Waals surface area contributed by atoms with Gasteiger partial charge in [0.2, 0.25) is 11.8 Å². The number of esters is 1. The van der Waals surface area contributed by atoms with Crippen molar-refractivity contribution >= 4 is 35.1 Å². The molecule has 0 aromatic heterocycles. The number of carbonyl (C=O) groups is 3. The van der Waals surface area contributed by atoms with E-state index in [9.17, 15) is 14.4 Å². The molecule has 2 aromatic rings. The van der Waals surface area contributed by atoms with E-state index in [1.54, 1.807) is 48.5 Å². The summed E-state index contributed by atoms with van der Waals surface area (Å²) in [6, 6.07) is 12.9. The van der Waals surface area contributed by atoms with Gasteiger partial charge in [-0.3, -0.25) is 9.59 Å². The predicted octanol–water partition coefficient (Wildman–Crippen LogP) is 3.87. The summed E-state index contributed by atoms with van der Waals surface area (Å²) >= 11 is 5.84. The van der Waals surface area contributed by atoms with Gasteiger partial charge in [0.1, 0.15) is 5.75 Å². The molecular formula is C22H16ClNO4. The van der Waals surface area contributed by atoms with Gasteiger partial charge in [-0.2, -0.15) is 0 Å². The van der Waals surface area contributed by atoms with Crippen LogP contribution < -0.4 is 9.64 Å². The second-order valence-corrected chi connectivity index (χ2v) is 7.84. The van der Waals surface area contributed by atoms with Crippen LogP contribution in [0.2, 0.25) is 5.02 Å². The van der Waals surface area contributed by atoms with Crippen LogP contribution in [0.25, 0.3) is 0 Å². The fraction of sp³-hybridized carbons (Fsp3) is 0.227. The van der Waals surface area contributed by atoms with Crippen LogP contribution >= 0.6 is 11.6 Å². The van der Waals surface area contributed by atoms with Gasteiger partial charge in [-0.25, -0.2) is 9.69 Å². The summed E-state index contributed by atoms with van der Waals surface area (Å²) in [4.78, 5) is 39.4. The van der Waals surface area contributed by atoms with Crippen molar-refractivity contribution in [2.24, 2.45) is 23.7 Å². The summed E-state index contributed by atoms with van der Waals surface area (Å²) in [7, 11) is 0. The number of hydrogen-bond donors (Lipinski definition) is 0. The molecule has 1 saturated carbocycles. The van der Waals surface area contributed by atoms with E-state index in [1.807, 2.05) is 0 Å². The van der Waals surface area contributed by atoms with E-state index in [2.05, 4.69) is 12.2 Å². The number of nitrogens with zero attached hydrogens (tertiary/aromatic N) is 1. The molecule has 0 N–H and O–H groups in total. The third-order valence-corrected chi connectivity index (χ3v) is 6.09. The van der Waals surface area contributed by atoms with E-state index >= 15 is 0 Å². The van der Waals surface area contributed by atoms with E-state index in [-0.39, 0.29) is 41.2 Å². The number of ether oxygens (including phenoxy) is 1. The van der Waals surface area contributed by atoms with E-state index in [0.717, 1.165) is 6.42 Å². The number of benzene rings is 2. The summed E-state index contributed by atoms with van der Waals surface area (Å²) in [5.74, 6) is -0.792. The van der Waals surface area contributed by atoms with Crippen molar-refractivity contribution in [1.82, 2.24) is 0 Å². The molecule has 2 fully saturated rings. The smallest absolute Gasteiger partial charge is 0.343 e. The second-order valence-electron chi connectivity index (χ2n) is 7.41. The maximum absolute atomic E-state index is 12.9. The summed E-state index contributed by atoms with van der Waals surface area (Å²) in [5, 5.41) is 0.526. The highest BCUT2D eigenvalue weighted by Gasteiger charge is 2.59. The van der Waals surface area contributed by atoms with Crippen molar-refractivity contribution in [2.45, 2.75) is 6.42 Å². The Morgan fingerprint density at radius 2 is 1.61 bits per heavy atom. The lowest BCUT2D eigenvalue weighted by Crippen LogP contribution is -2.32. The first-order chi connectivity index (χ1) is 13.5. The zero-order valence-electron chi connectivity index (χ0n) is 14.7. The Morgan fingerprint density at radius 1 is 0.964 bits per heavy atom. The maximum Gasteiger partial charge on any atom is 0.343 e. The average Bonchev–Trinajstić information content (AvgIpc) is 3.36. The molecule has 1 saturated heterocycles. The molecule has 2 amide bonds. The van der Waals surface area contributed by atoms with Gasteiger partial charge in [-0.15, -0.1) is 0 Å². The highest BCUT2D eigenvalue weighted by atomic mass is 35.5. The minimum atomic E-state index is -0.535. The lowest BCUT2D eigenvalue weighted by molar-refractivity contribution is -0.123. The minimum Gasteiger partial charge on any atom is -0.423 e. The molecule has 140 valence electrons. The quantitative estimate of drug-likeness (QED) is 0.343. The zero-order chi connectivity index (χ0) is 19.4. The van der Waals surface area contributed by atoms with Gasteiger partial charge in [0.25, 0.3) is 0 Å². The lowest BCUT2D eigenvalue weighted by atomic mass is 9.85. The number of imide groups is 1. The Balaban J connectivity index is 1.39. The third kappa shape index (κ3) is 2.58. The Kier molecular flexibility index (Phi) is 3.88. The molecule has 0 radical (unpaired) electrons. The van der Waals surface area contributed by atoms with E-state index in [0.29, 0.717) is 16.3 Å². The normalized spacial score (nSPS) is 27.4. The van der Waals surface area contributed by atoms with Crippen molar-refractivity contribution in [3.05, 3.63) is 71.3 Å². The number of amides is 2. The molecule has 0 spiro atoms. The lowest BCUT2D eigenvalue weighted by Gasteiger charge is -2.18. The van der Waals surface area contributed by atoms with Gasteiger partial charge in [-0.1, -0.05) is 29.8 Å². The van der Waals surface area contributed by atoms with Gasteiger partial charge in [0.05, 0.1) is 23.1 Å². The van der Waals surface area contributed by atoms with Crippen LogP contribution in [0.4, 0.5) is 5.69 Å². The van der Waals surface area contributed by atoms with Crippen LogP contribution in [0, 0.1) is 23.7 Å². The first-order valence-corrected chi connectivity index (χ1v) is 9.54. The van der Waals surface area contributed by atoms with Crippen LogP contribution in [-0.2, 0) is 9.59 Å². The van der Waals surface area contributed by atoms with Crippen LogP contribution in [0.15, 0.2) is 60.7 Å². The van der Waals surface area contributed by atoms with Crippen molar-refractivity contribution in [1.29, 1.82) is 0 Å². The number of halogens is 1. The summed E-state index contributed by atoms with van der Waals surface area (Å²) in [6.45, 7) is 0. The number of anilines is 1. The van der Waals surface area contributed by atoms with Crippen LogP contribution in [-0.4, -0.2) is 17.8 Å². The Morgan fingerprint density at radius 3 is 2.25 bits per heavy atom. The molecule has 28 heavy (non-hydrogen) atoms. The van der Waals surface area contributed by atoms with Crippen molar-refractivity contribution < 1.29 is 19.1 Å². The monoisotopic (exact) mass is 393 g/mol. The van der Waals surface area contributed by atoms with Gasteiger partial charge >= 0.3 is 5.97 Å². The maximum atomic E-state index is 12.9. The molecule has 6 heteroatoms. The Hall–Kier alpha value is -2.92. The number of carbonyl (C=O) groups excluding carboxylic acids is 3. The van der Waals surface area contributed by atoms with Crippen LogP contribution in [0.3, 0.4) is 0 Å². The standard InChI is InChI=1S/C22H16ClNO4/c23-15-8-6-12(7-9-15)22(27)28-17-3-1-2-16(11-17)24-20(25)18-13-4-5-14(10-13)19(18)21(24)26/h1-9,11,13-14,18-19H,10H2/t13-,14-,18+,19+/m0/s1. The van der Waals surface area contributed by atoms with E-state index in [4.69, 9.17) is 16.3 Å². The predicted molar refractivity (Wildman–Crippen MR) is 103 cm³/mol. The van der Waals surface area contributed by atoms with Crippen molar-refractivity contribution in [3.63, 3.8) is 0 Å². The van der Waals surface area contributed by atoms with Gasteiger partial charge < -0.3 is 4.74 Å².